The number of halogens is 3. The Morgan fingerprint density at radius 2 is 1.36 bits per heavy atom. The SMILES string of the molecule is O=C1OC(=C(Br)Br)C=C1CCCCCCCCCCCCBr. The van der Waals surface area contributed by atoms with Crippen LogP contribution in [0.15, 0.2) is 20.8 Å². The molecule has 1 aliphatic rings. The van der Waals surface area contributed by atoms with Crippen LogP contribution in [0, 0.1) is 0 Å². The van der Waals surface area contributed by atoms with E-state index in [1.54, 1.807) is 0 Å². The van der Waals surface area contributed by atoms with Gasteiger partial charge < -0.3 is 4.74 Å². The maximum absolute atomic E-state index is 11.6. The van der Waals surface area contributed by atoms with Crippen molar-refractivity contribution < 1.29 is 9.53 Å². The Bertz CT molecular complexity index is 399. The molecular formula is C17H25Br3O2. The van der Waals surface area contributed by atoms with E-state index in [9.17, 15) is 4.79 Å². The predicted octanol–water partition coefficient (Wildman–Crippen LogP) is 7.11. The second-order valence-corrected chi connectivity index (χ2v) is 9.10. The van der Waals surface area contributed by atoms with E-state index in [0.717, 1.165) is 23.7 Å². The fourth-order valence-corrected chi connectivity index (χ4v) is 3.29. The molecule has 0 aliphatic carbocycles. The molecule has 0 saturated carbocycles. The highest BCUT2D eigenvalue weighted by atomic mass is 79.9. The summed E-state index contributed by atoms with van der Waals surface area (Å²) in [6, 6.07) is 0. The van der Waals surface area contributed by atoms with Crippen LogP contribution in [0.2, 0.25) is 0 Å². The lowest BCUT2D eigenvalue weighted by atomic mass is 10.0. The van der Waals surface area contributed by atoms with Crippen molar-refractivity contribution in [2.24, 2.45) is 0 Å². The summed E-state index contributed by atoms with van der Waals surface area (Å²) in [4.78, 5) is 11.6. The van der Waals surface area contributed by atoms with Gasteiger partial charge in [0, 0.05) is 10.9 Å². The molecule has 0 bridgehead atoms. The summed E-state index contributed by atoms with van der Waals surface area (Å²) >= 11 is 10.00. The van der Waals surface area contributed by atoms with Gasteiger partial charge in [0.2, 0.25) is 0 Å². The summed E-state index contributed by atoms with van der Waals surface area (Å²) in [6.45, 7) is 0. The quantitative estimate of drug-likeness (QED) is 0.162. The van der Waals surface area contributed by atoms with Crippen LogP contribution in [0.4, 0.5) is 0 Å². The molecule has 0 fully saturated rings. The monoisotopic (exact) mass is 498 g/mol. The molecule has 0 atom stereocenters. The number of unbranched alkanes of at least 4 members (excludes halogenated alkanes) is 9. The fourth-order valence-electron chi connectivity index (χ4n) is 2.50. The normalized spacial score (nSPS) is 14.2. The molecule has 1 aliphatic heterocycles. The smallest absolute Gasteiger partial charge is 0.339 e. The summed E-state index contributed by atoms with van der Waals surface area (Å²) in [5.74, 6) is 0.384. The molecule has 5 heteroatoms. The standard InChI is InChI=1S/C17H25Br3O2/c18-12-10-8-6-4-2-1-3-5-7-9-11-14-13-15(16(19)20)22-17(14)21/h13H,1-12H2. The van der Waals surface area contributed by atoms with Crippen LogP contribution in [-0.2, 0) is 9.53 Å². The van der Waals surface area contributed by atoms with E-state index in [0.29, 0.717) is 9.15 Å². The molecule has 1 rings (SSSR count). The first-order valence-corrected chi connectivity index (χ1v) is 10.9. The van der Waals surface area contributed by atoms with Gasteiger partial charge in [-0.2, -0.15) is 0 Å². The first-order chi connectivity index (χ1) is 10.6. The van der Waals surface area contributed by atoms with Crippen molar-refractivity contribution in [3.63, 3.8) is 0 Å². The molecule has 0 unspecified atom stereocenters. The molecule has 0 aromatic carbocycles. The second-order valence-electron chi connectivity index (χ2n) is 5.66. The molecule has 126 valence electrons. The number of ether oxygens (including phenoxy) is 1. The van der Waals surface area contributed by atoms with Gasteiger partial charge in [0.15, 0.2) is 5.76 Å². The highest BCUT2D eigenvalue weighted by molar-refractivity contribution is 9.28. The molecule has 2 nitrogen and oxygen atoms in total. The van der Waals surface area contributed by atoms with E-state index in [1.165, 1.54) is 57.8 Å². The molecular weight excluding hydrogens is 476 g/mol. The van der Waals surface area contributed by atoms with E-state index in [-0.39, 0.29) is 5.97 Å². The second kappa shape index (κ2) is 12.8. The van der Waals surface area contributed by atoms with Crippen molar-refractivity contribution in [2.75, 3.05) is 5.33 Å². The van der Waals surface area contributed by atoms with Crippen LogP contribution < -0.4 is 0 Å². The number of carbonyl (C=O) groups excluding carboxylic acids is 1. The third kappa shape index (κ3) is 8.88. The lowest BCUT2D eigenvalue weighted by molar-refractivity contribution is -0.133. The van der Waals surface area contributed by atoms with Gasteiger partial charge in [-0.1, -0.05) is 67.3 Å². The zero-order valence-corrected chi connectivity index (χ0v) is 17.8. The van der Waals surface area contributed by atoms with Gasteiger partial charge in [0.1, 0.15) is 3.39 Å². The van der Waals surface area contributed by atoms with E-state index in [4.69, 9.17) is 4.74 Å². The first-order valence-electron chi connectivity index (χ1n) is 8.19. The summed E-state index contributed by atoms with van der Waals surface area (Å²) in [5.41, 5.74) is 0.790. The number of rotatable bonds is 12. The van der Waals surface area contributed by atoms with Gasteiger partial charge in [0.25, 0.3) is 0 Å². The van der Waals surface area contributed by atoms with Gasteiger partial charge in [-0.05, 0) is 57.2 Å². The van der Waals surface area contributed by atoms with E-state index in [1.807, 2.05) is 6.08 Å². The first kappa shape index (κ1) is 20.4. The Balaban J connectivity index is 1.97. The topological polar surface area (TPSA) is 26.3 Å². The van der Waals surface area contributed by atoms with Crippen LogP contribution in [-0.4, -0.2) is 11.3 Å². The van der Waals surface area contributed by atoms with Crippen molar-refractivity contribution in [1.29, 1.82) is 0 Å². The molecule has 22 heavy (non-hydrogen) atoms. The number of allylic oxidation sites excluding steroid dienone is 1. The van der Waals surface area contributed by atoms with Crippen LogP contribution in [0.25, 0.3) is 0 Å². The maximum atomic E-state index is 11.6. The molecule has 0 saturated heterocycles. The highest BCUT2D eigenvalue weighted by Crippen LogP contribution is 2.29. The maximum Gasteiger partial charge on any atom is 0.339 e. The van der Waals surface area contributed by atoms with Crippen LogP contribution in [0.3, 0.4) is 0 Å². The summed E-state index contributed by atoms with van der Waals surface area (Å²) in [7, 11) is 0. The van der Waals surface area contributed by atoms with Crippen molar-refractivity contribution in [3.8, 4) is 0 Å². The minimum atomic E-state index is -0.199. The van der Waals surface area contributed by atoms with Gasteiger partial charge in [-0.25, -0.2) is 4.79 Å². The summed E-state index contributed by atoms with van der Waals surface area (Å²) in [5, 5.41) is 1.14. The number of carbonyl (C=O) groups is 1. The third-order valence-corrected chi connectivity index (χ3v) is 5.13. The van der Waals surface area contributed by atoms with Crippen LogP contribution in [0.5, 0.6) is 0 Å². The lowest BCUT2D eigenvalue weighted by Gasteiger charge is -2.02. The Hall–Kier alpha value is 0.390. The van der Waals surface area contributed by atoms with Gasteiger partial charge in [0.05, 0.1) is 0 Å². The van der Waals surface area contributed by atoms with Crippen molar-refractivity contribution in [1.82, 2.24) is 0 Å². The van der Waals surface area contributed by atoms with Gasteiger partial charge in [-0.15, -0.1) is 0 Å². The minimum absolute atomic E-state index is 0.199. The summed E-state index contributed by atoms with van der Waals surface area (Å²) < 4.78 is 5.83. The van der Waals surface area contributed by atoms with Crippen molar-refractivity contribution in [2.45, 2.75) is 70.6 Å². The van der Waals surface area contributed by atoms with Gasteiger partial charge >= 0.3 is 5.97 Å². The predicted molar refractivity (Wildman–Crippen MR) is 104 cm³/mol. The molecule has 0 radical (unpaired) electrons. The zero-order valence-electron chi connectivity index (χ0n) is 13.0. The number of hydrogen-bond acceptors (Lipinski definition) is 2. The van der Waals surface area contributed by atoms with Crippen LogP contribution >= 0.6 is 47.8 Å². The molecule has 1 heterocycles. The van der Waals surface area contributed by atoms with E-state index < -0.39 is 0 Å². The van der Waals surface area contributed by atoms with Crippen LogP contribution in [0.1, 0.15) is 70.6 Å². The zero-order chi connectivity index (χ0) is 16.2. The molecule has 0 aromatic heterocycles. The Morgan fingerprint density at radius 3 is 1.82 bits per heavy atom. The average molecular weight is 501 g/mol. The molecule has 0 aromatic rings. The molecule has 0 spiro atoms. The number of esters is 1. The third-order valence-electron chi connectivity index (χ3n) is 3.79. The number of alkyl halides is 1. The van der Waals surface area contributed by atoms with E-state index in [2.05, 4.69) is 47.8 Å². The molecule has 0 amide bonds. The van der Waals surface area contributed by atoms with Gasteiger partial charge in [-0.3, -0.25) is 0 Å². The van der Waals surface area contributed by atoms with E-state index >= 15 is 0 Å². The Morgan fingerprint density at radius 1 is 0.864 bits per heavy atom. The summed E-state index contributed by atoms with van der Waals surface area (Å²) in [6.07, 6.45) is 15.6. The highest BCUT2D eigenvalue weighted by Gasteiger charge is 2.21. The van der Waals surface area contributed by atoms with Crippen molar-refractivity contribution in [3.05, 3.63) is 20.8 Å². The number of cyclic esters (lactones) is 1. The lowest BCUT2D eigenvalue weighted by Crippen LogP contribution is -1.98. The fraction of sp³-hybridized carbons (Fsp3) is 0.706. The average Bonchev–Trinajstić information content (AvgIpc) is 2.86. The Kier molecular flexibility index (Phi) is 11.9. The largest absolute Gasteiger partial charge is 0.421 e. The minimum Gasteiger partial charge on any atom is -0.421 e. The van der Waals surface area contributed by atoms with Crippen molar-refractivity contribution >= 4 is 53.8 Å². The Labute approximate surface area is 159 Å². The molecule has 0 N–H and O–H groups in total. The number of hydrogen-bond donors (Lipinski definition) is 0.